The number of benzene rings is 1. The SMILES string of the molecule is CC(C)(C)C(=O)NCc1ccc(C(=O)N[C@H]2CCCNC2)cc1. The van der Waals surface area contributed by atoms with Gasteiger partial charge in [-0.05, 0) is 37.1 Å². The first-order valence-electron chi connectivity index (χ1n) is 8.25. The van der Waals surface area contributed by atoms with Gasteiger partial charge < -0.3 is 16.0 Å². The highest BCUT2D eigenvalue weighted by atomic mass is 16.2. The van der Waals surface area contributed by atoms with Crippen LogP contribution in [-0.2, 0) is 11.3 Å². The Labute approximate surface area is 138 Å². The number of carbonyl (C=O) groups is 2. The van der Waals surface area contributed by atoms with Crippen LogP contribution < -0.4 is 16.0 Å². The molecule has 5 heteroatoms. The van der Waals surface area contributed by atoms with Crippen molar-refractivity contribution >= 4 is 11.8 Å². The van der Waals surface area contributed by atoms with Gasteiger partial charge in [0.25, 0.3) is 5.91 Å². The smallest absolute Gasteiger partial charge is 0.251 e. The predicted molar refractivity (Wildman–Crippen MR) is 91.1 cm³/mol. The van der Waals surface area contributed by atoms with E-state index in [1.54, 1.807) is 0 Å². The van der Waals surface area contributed by atoms with Crippen molar-refractivity contribution in [1.82, 2.24) is 16.0 Å². The van der Waals surface area contributed by atoms with Crippen LogP contribution in [-0.4, -0.2) is 30.9 Å². The van der Waals surface area contributed by atoms with Gasteiger partial charge in [0.2, 0.25) is 5.91 Å². The molecule has 1 aromatic carbocycles. The van der Waals surface area contributed by atoms with Gasteiger partial charge in [0.15, 0.2) is 0 Å². The maximum Gasteiger partial charge on any atom is 0.251 e. The molecule has 2 amide bonds. The van der Waals surface area contributed by atoms with Gasteiger partial charge in [0.05, 0.1) is 0 Å². The van der Waals surface area contributed by atoms with Gasteiger partial charge in [0.1, 0.15) is 0 Å². The summed E-state index contributed by atoms with van der Waals surface area (Å²) in [6.07, 6.45) is 2.12. The number of hydrogen-bond donors (Lipinski definition) is 3. The maximum atomic E-state index is 12.2. The highest BCUT2D eigenvalue weighted by Crippen LogP contribution is 2.13. The quantitative estimate of drug-likeness (QED) is 0.793. The molecule has 0 unspecified atom stereocenters. The fourth-order valence-corrected chi connectivity index (χ4v) is 2.47. The Morgan fingerprint density at radius 1 is 1.22 bits per heavy atom. The zero-order valence-electron chi connectivity index (χ0n) is 14.2. The molecule has 0 aliphatic carbocycles. The van der Waals surface area contributed by atoms with E-state index < -0.39 is 5.41 Å². The number of piperidine rings is 1. The molecule has 0 spiro atoms. The van der Waals surface area contributed by atoms with Crippen molar-refractivity contribution in [2.24, 2.45) is 5.41 Å². The van der Waals surface area contributed by atoms with Crippen LogP contribution in [0.15, 0.2) is 24.3 Å². The highest BCUT2D eigenvalue weighted by molar-refractivity contribution is 5.94. The van der Waals surface area contributed by atoms with E-state index in [2.05, 4.69) is 16.0 Å². The van der Waals surface area contributed by atoms with Crippen LogP contribution >= 0.6 is 0 Å². The maximum absolute atomic E-state index is 12.2. The average Bonchev–Trinajstić information content (AvgIpc) is 2.53. The minimum atomic E-state index is -0.395. The molecule has 1 aromatic rings. The monoisotopic (exact) mass is 317 g/mol. The van der Waals surface area contributed by atoms with E-state index in [-0.39, 0.29) is 17.9 Å². The second-order valence-electron chi connectivity index (χ2n) is 7.15. The summed E-state index contributed by atoms with van der Waals surface area (Å²) in [6.45, 7) is 8.00. The molecule has 1 heterocycles. The minimum Gasteiger partial charge on any atom is -0.352 e. The van der Waals surface area contributed by atoms with E-state index in [9.17, 15) is 9.59 Å². The lowest BCUT2D eigenvalue weighted by Gasteiger charge is -2.23. The normalized spacial score (nSPS) is 18.3. The van der Waals surface area contributed by atoms with Crippen LogP contribution in [0.4, 0.5) is 0 Å². The van der Waals surface area contributed by atoms with Crippen molar-refractivity contribution in [1.29, 1.82) is 0 Å². The molecular weight excluding hydrogens is 290 g/mol. The Bertz CT molecular complexity index is 540. The van der Waals surface area contributed by atoms with Crippen molar-refractivity contribution in [2.75, 3.05) is 13.1 Å². The third-order valence-corrected chi connectivity index (χ3v) is 3.98. The minimum absolute atomic E-state index is 0.0177. The third kappa shape index (κ3) is 5.36. The molecule has 1 aliphatic rings. The summed E-state index contributed by atoms with van der Waals surface area (Å²) in [7, 11) is 0. The summed E-state index contributed by atoms with van der Waals surface area (Å²) in [5, 5.41) is 9.24. The first kappa shape index (κ1) is 17.5. The molecule has 126 valence electrons. The standard InChI is InChI=1S/C18H27N3O2/c1-18(2,3)17(23)20-11-13-6-8-14(9-7-13)16(22)21-15-5-4-10-19-12-15/h6-9,15,19H,4-5,10-12H2,1-3H3,(H,20,23)(H,21,22)/t15-/m0/s1. The van der Waals surface area contributed by atoms with Gasteiger partial charge in [-0.3, -0.25) is 9.59 Å². The molecule has 23 heavy (non-hydrogen) atoms. The first-order chi connectivity index (χ1) is 10.9. The van der Waals surface area contributed by atoms with Crippen molar-refractivity contribution < 1.29 is 9.59 Å². The summed E-state index contributed by atoms with van der Waals surface area (Å²) in [5.74, 6) is -0.0203. The van der Waals surface area contributed by atoms with Gasteiger partial charge in [-0.1, -0.05) is 32.9 Å². The van der Waals surface area contributed by atoms with E-state index >= 15 is 0 Å². The second-order valence-corrected chi connectivity index (χ2v) is 7.15. The van der Waals surface area contributed by atoms with Crippen molar-refractivity contribution in [3.63, 3.8) is 0 Å². The van der Waals surface area contributed by atoms with E-state index in [4.69, 9.17) is 0 Å². The van der Waals surface area contributed by atoms with E-state index in [0.717, 1.165) is 31.5 Å². The molecule has 1 aliphatic heterocycles. The Morgan fingerprint density at radius 2 is 1.91 bits per heavy atom. The van der Waals surface area contributed by atoms with Crippen LogP contribution in [0.25, 0.3) is 0 Å². The zero-order chi connectivity index (χ0) is 16.9. The predicted octanol–water partition coefficient (Wildman–Crippen LogP) is 1.83. The highest BCUT2D eigenvalue weighted by Gasteiger charge is 2.20. The van der Waals surface area contributed by atoms with E-state index in [0.29, 0.717) is 12.1 Å². The molecule has 5 nitrogen and oxygen atoms in total. The van der Waals surface area contributed by atoms with Crippen molar-refractivity contribution in [3.05, 3.63) is 35.4 Å². The molecule has 1 saturated heterocycles. The number of rotatable bonds is 4. The molecule has 0 radical (unpaired) electrons. The van der Waals surface area contributed by atoms with Crippen LogP contribution in [0, 0.1) is 5.41 Å². The number of hydrogen-bond acceptors (Lipinski definition) is 3. The van der Waals surface area contributed by atoms with Crippen LogP contribution in [0.2, 0.25) is 0 Å². The third-order valence-electron chi connectivity index (χ3n) is 3.98. The van der Waals surface area contributed by atoms with Crippen molar-refractivity contribution in [2.45, 2.75) is 46.2 Å². The number of amides is 2. The summed E-state index contributed by atoms with van der Waals surface area (Å²) < 4.78 is 0. The largest absolute Gasteiger partial charge is 0.352 e. The van der Waals surface area contributed by atoms with Gasteiger partial charge in [-0.25, -0.2) is 0 Å². The topological polar surface area (TPSA) is 70.2 Å². The Kier molecular flexibility index (Phi) is 5.77. The van der Waals surface area contributed by atoms with E-state index in [1.807, 2.05) is 45.0 Å². The van der Waals surface area contributed by atoms with Gasteiger partial charge >= 0.3 is 0 Å². The van der Waals surface area contributed by atoms with Gasteiger partial charge in [0, 0.05) is 30.1 Å². The molecule has 0 aromatic heterocycles. The number of carbonyl (C=O) groups excluding carboxylic acids is 2. The molecule has 0 saturated carbocycles. The van der Waals surface area contributed by atoms with Crippen LogP contribution in [0.5, 0.6) is 0 Å². The number of nitrogens with one attached hydrogen (secondary N) is 3. The fourth-order valence-electron chi connectivity index (χ4n) is 2.47. The Morgan fingerprint density at radius 3 is 2.48 bits per heavy atom. The first-order valence-corrected chi connectivity index (χ1v) is 8.25. The van der Waals surface area contributed by atoms with Crippen LogP contribution in [0.1, 0.15) is 49.5 Å². The van der Waals surface area contributed by atoms with Crippen molar-refractivity contribution in [3.8, 4) is 0 Å². The summed E-state index contributed by atoms with van der Waals surface area (Å²) in [4.78, 5) is 24.1. The molecule has 1 fully saturated rings. The Balaban J connectivity index is 1.86. The lowest BCUT2D eigenvalue weighted by Crippen LogP contribution is -2.45. The molecule has 0 bridgehead atoms. The summed E-state index contributed by atoms with van der Waals surface area (Å²) in [5.41, 5.74) is 1.24. The van der Waals surface area contributed by atoms with Crippen LogP contribution in [0.3, 0.4) is 0 Å². The Hall–Kier alpha value is -1.88. The lowest BCUT2D eigenvalue weighted by molar-refractivity contribution is -0.128. The second kappa shape index (κ2) is 7.59. The van der Waals surface area contributed by atoms with Gasteiger partial charge in [-0.15, -0.1) is 0 Å². The average molecular weight is 317 g/mol. The molecular formula is C18H27N3O2. The van der Waals surface area contributed by atoms with E-state index in [1.165, 1.54) is 0 Å². The molecule has 3 N–H and O–H groups in total. The summed E-state index contributed by atoms with van der Waals surface area (Å²) in [6, 6.07) is 7.60. The molecule has 2 rings (SSSR count). The van der Waals surface area contributed by atoms with Gasteiger partial charge in [-0.2, -0.15) is 0 Å². The lowest BCUT2D eigenvalue weighted by atomic mass is 9.95. The molecule has 1 atom stereocenters. The fraction of sp³-hybridized carbons (Fsp3) is 0.556. The summed E-state index contributed by atoms with van der Waals surface area (Å²) >= 11 is 0. The zero-order valence-corrected chi connectivity index (χ0v) is 14.2.